The maximum atomic E-state index is 13.5. The predicted molar refractivity (Wildman–Crippen MR) is 107 cm³/mol. The summed E-state index contributed by atoms with van der Waals surface area (Å²) >= 11 is 0. The van der Waals surface area contributed by atoms with Gasteiger partial charge in [0.15, 0.2) is 0 Å². The maximum Gasteiger partial charge on any atom is 0.252 e. The lowest BCUT2D eigenvalue weighted by Gasteiger charge is -2.39. The zero-order valence-electron chi connectivity index (χ0n) is 16.2. The second-order valence-corrected chi connectivity index (χ2v) is 9.22. The molecule has 1 aliphatic rings. The number of hydrogen-bond donors (Lipinski definition) is 0. The summed E-state index contributed by atoms with van der Waals surface area (Å²) in [4.78, 5) is 27.1. The van der Waals surface area contributed by atoms with Crippen molar-refractivity contribution in [3.8, 4) is 0 Å². The van der Waals surface area contributed by atoms with Gasteiger partial charge in [-0.15, -0.1) is 0 Å². The Morgan fingerprint density at radius 1 is 1.00 bits per heavy atom. The van der Waals surface area contributed by atoms with Crippen molar-refractivity contribution >= 4 is 27.5 Å². The highest BCUT2D eigenvalue weighted by molar-refractivity contribution is 7.89. The van der Waals surface area contributed by atoms with E-state index in [0.29, 0.717) is 12.1 Å². The van der Waals surface area contributed by atoms with E-state index in [1.54, 1.807) is 62.4 Å². The zero-order chi connectivity index (χ0) is 20.5. The Bertz CT molecular complexity index is 972. The highest BCUT2D eigenvalue weighted by Crippen LogP contribution is 2.35. The molecule has 148 valence electrons. The fourth-order valence-electron chi connectivity index (χ4n) is 3.42. The third kappa shape index (κ3) is 3.47. The van der Waals surface area contributed by atoms with Crippen LogP contribution in [0.4, 0.5) is 5.69 Å². The summed E-state index contributed by atoms with van der Waals surface area (Å²) in [5, 5.41) is 0. The van der Waals surface area contributed by atoms with Crippen LogP contribution in [0.3, 0.4) is 0 Å². The van der Waals surface area contributed by atoms with Gasteiger partial charge in [0.2, 0.25) is 15.9 Å². The number of amides is 2. The molecule has 0 aromatic heterocycles. The first-order valence-corrected chi connectivity index (χ1v) is 10.7. The molecule has 0 radical (unpaired) electrons. The first-order valence-electron chi connectivity index (χ1n) is 9.21. The quantitative estimate of drug-likeness (QED) is 0.698. The van der Waals surface area contributed by atoms with Crippen molar-refractivity contribution in [2.75, 3.05) is 4.90 Å². The molecular formula is C21H24N2O4S. The molecule has 28 heavy (non-hydrogen) atoms. The molecule has 0 saturated carbocycles. The summed E-state index contributed by atoms with van der Waals surface area (Å²) in [6, 6.07) is 15.5. The van der Waals surface area contributed by atoms with Gasteiger partial charge >= 0.3 is 0 Å². The minimum absolute atomic E-state index is 0.106. The third-order valence-corrected chi connectivity index (χ3v) is 7.32. The number of carbonyl (C=O) groups excluding carboxylic acids is 2. The van der Waals surface area contributed by atoms with E-state index >= 15 is 0 Å². The minimum atomic E-state index is -3.98. The molecule has 0 spiro atoms. The SMILES string of the molecule is CCC(C)(C)N(C1CC(=O)N(c2ccccc2)C1=O)S(=O)(=O)c1ccccc1. The summed E-state index contributed by atoms with van der Waals surface area (Å²) in [5.41, 5.74) is -0.395. The monoisotopic (exact) mass is 400 g/mol. The molecule has 0 N–H and O–H groups in total. The second-order valence-electron chi connectivity index (χ2n) is 7.40. The highest BCUT2D eigenvalue weighted by Gasteiger charge is 2.51. The number of imide groups is 1. The van der Waals surface area contributed by atoms with Gasteiger partial charge in [-0.2, -0.15) is 4.31 Å². The number of para-hydroxylation sites is 1. The molecule has 7 heteroatoms. The van der Waals surface area contributed by atoms with E-state index in [1.165, 1.54) is 16.4 Å². The van der Waals surface area contributed by atoms with Gasteiger partial charge < -0.3 is 0 Å². The van der Waals surface area contributed by atoms with Gasteiger partial charge in [0.05, 0.1) is 17.0 Å². The molecule has 2 aromatic rings. The van der Waals surface area contributed by atoms with E-state index < -0.39 is 33.4 Å². The lowest BCUT2D eigenvalue weighted by atomic mass is 10.00. The number of sulfonamides is 1. The maximum absolute atomic E-state index is 13.5. The lowest BCUT2D eigenvalue weighted by molar-refractivity contribution is -0.122. The first kappa shape index (κ1) is 20.2. The molecule has 0 bridgehead atoms. The molecule has 2 amide bonds. The van der Waals surface area contributed by atoms with Crippen LogP contribution in [-0.2, 0) is 19.6 Å². The Morgan fingerprint density at radius 2 is 1.54 bits per heavy atom. The fraction of sp³-hybridized carbons (Fsp3) is 0.333. The molecule has 1 fully saturated rings. The Hall–Kier alpha value is -2.51. The van der Waals surface area contributed by atoms with Crippen molar-refractivity contribution in [1.82, 2.24) is 4.31 Å². The molecule has 6 nitrogen and oxygen atoms in total. The highest BCUT2D eigenvalue weighted by atomic mass is 32.2. The number of hydrogen-bond acceptors (Lipinski definition) is 4. The van der Waals surface area contributed by atoms with E-state index in [2.05, 4.69) is 0 Å². The largest absolute Gasteiger partial charge is 0.274 e. The van der Waals surface area contributed by atoms with Crippen LogP contribution >= 0.6 is 0 Å². The van der Waals surface area contributed by atoms with Gasteiger partial charge in [0.25, 0.3) is 5.91 Å². The van der Waals surface area contributed by atoms with Crippen molar-refractivity contribution in [3.63, 3.8) is 0 Å². The summed E-state index contributed by atoms with van der Waals surface area (Å²) in [6.07, 6.45) is 0.311. The molecule has 1 saturated heterocycles. The van der Waals surface area contributed by atoms with Crippen LogP contribution in [0.5, 0.6) is 0 Å². The standard InChI is InChI=1S/C21H24N2O4S/c1-4-21(2,3)23(28(26,27)17-13-9-6-10-14-17)18-15-19(24)22(20(18)25)16-11-7-5-8-12-16/h5-14,18H,4,15H2,1-3H3. The van der Waals surface area contributed by atoms with Gasteiger partial charge in [0.1, 0.15) is 6.04 Å². The van der Waals surface area contributed by atoms with E-state index in [0.717, 1.165) is 4.90 Å². The van der Waals surface area contributed by atoms with Gasteiger partial charge in [0, 0.05) is 5.54 Å². The van der Waals surface area contributed by atoms with Crippen LogP contribution in [0, 0.1) is 0 Å². The molecule has 1 unspecified atom stereocenters. The molecule has 1 atom stereocenters. The number of rotatable bonds is 6. The Morgan fingerprint density at radius 3 is 2.07 bits per heavy atom. The topological polar surface area (TPSA) is 74.8 Å². The smallest absolute Gasteiger partial charge is 0.252 e. The van der Waals surface area contributed by atoms with Crippen molar-refractivity contribution in [1.29, 1.82) is 0 Å². The summed E-state index contributed by atoms with van der Waals surface area (Å²) in [5.74, 6) is -0.918. The molecule has 2 aromatic carbocycles. The third-order valence-electron chi connectivity index (χ3n) is 5.18. The number of anilines is 1. The van der Waals surface area contributed by atoms with Crippen LogP contribution in [0.15, 0.2) is 65.6 Å². The molecular weight excluding hydrogens is 376 g/mol. The van der Waals surface area contributed by atoms with Crippen LogP contribution in [0.25, 0.3) is 0 Å². The lowest BCUT2D eigenvalue weighted by Crippen LogP contribution is -2.55. The molecule has 0 aliphatic carbocycles. The summed E-state index contributed by atoms with van der Waals surface area (Å²) in [6.45, 7) is 5.41. The van der Waals surface area contributed by atoms with Crippen LogP contribution < -0.4 is 4.90 Å². The van der Waals surface area contributed by atoms with Crippen molar-refractivity contribution in [2.24, 2.45) is 0 Å². The van der Waals surface area contributed by atoms with E-state index in [1.807, 2.05) is 6.92 Å². The van der Waals surface area contributed by atoms with E-state index in [9.17, 15) is 18.0 Å². The number of benzene rings is 2. The molecule has 1 heterocycles. The van der Waals surface area contributed by atoms with Crippen LogP contribution in [0.2, 0.25) is 0 Å². The Labute approximate surface area is 165 Å². The van der Waals surface area contributed by atoms with E-state index in [4.69, 9.17) is 0 Å². The summed E-state index contributed by atoms with van der Waals surface area (Å²) in [7, 11) is -3.98. The van der Waals surface area contributed by atoms with Gasteiger partial charge in [-0.25, -0.2) is 13.3 Å². The predicted octanol–water partition coefficient (Wildman–Crippen LogP) is 3.20. The minimum Gasteiger partial charge on any atom is -0.274 e. The van der Waals surface area contributed by atoms with Crippen LogP contribution in [0.1, 0.15) is 33.6 Å². The second kappa shape index (κ2) is 7.48. The first-order chi connectivity index (χ1) is 13.2. The van der Waals surface area contributed by atoms with Crippen molar-refractivity contribution < 1.29 is 18.0 Å². The number of carbonyl (C=O) groups is 2. The average Bonchev–Trinajstić information content (AvgIpc) is 2.96. The van der Waals surface area contributed by atoms with Crippen molar-refractivity contribution in [2.45, 2.75) is 50.1 Å². The summed E-state index contributed by atoms with van der Waals surface area (Å²) < 4.78 is 28.1. The molecule has 1 aliphatic heterocycles. The van der Waals surface area contributed by atoms with Gasteiger partial charge in [-0.05, 0) is 44.5 Å². The van der Waals surface area contributed by atoms with Gasteiger partial charge in [-0.1, -0.05) is 43.3 Å². The van der Waals surface area contributed by atoms with E-state index in [-0.39, 0.29) is 11.3 Å². The Kier molecular flexibility index (Phi) is 5.41. The fourth-order valence-corrected chi connectivity index (χ4v) is 5.43. The molecule has 3 rings (SSSR count). The average molecular weight is 401 g/mol. The zero-order valence-corrected chi connectivity index (χ0v) is 17.0. The van der Waals surface area contributed by atoms with Gasteiger partial charge in [-0.3, -0.25) is 9.59 Å². The normalized spacial score (nSPS) is 18.1. The number of nitrogens with zero attached hydrogens (tertiary/aromatic N) is 2. The van der Waals surface area contributed by atoms with Crippen LogP contribution in [-0.4, -0.2) is 36.1 Å². The Balaban J connectivity index is 2.08. The van der Waals surface area contributed by atoms with Crippen molar-refractivity contribution in [3.05, 3.63) is 60.7 Å².